The van der Waals surface area contributed by atoms with Crippen molar-refractivity contribution in [1.82, 2.24) is 0 Å². The van der Waals surface area contributed by atoms with Crippen LogP contribution in [0.5, 0.6) is 5.75 Å². The first-order chi connectivity index (χ1) is 16.5. The third kappa shape index (κ3) is 2.62. The summed E-state index contributed by atoms with van der Waals surface area (Å²) in [5.74, 6) is -2.70. The smallest absolute Gasteiger partial charge is 0.229 e. The van der Waals surface area contributed by atoms with Gasteiger partial charge in [0.05, 0.1) is 18.3 Å². The zero-order valence-electron chi connectivity index (χ0n) is 18.0. The number of carbonyl (C=O) groups excluding carboxylic acids is 4. The summed E-state index contributed by atoms with van der Waals surface area (Å²) < 4.78 is 11.2. The van der Waals surface area contributed by atoms with Crippen LogP contribution in [0.4, 0.5) is 0 Å². The van der Waals surface area contributed by atoms with E-state index in [1.165, 1.54) is 7.11 Å². The maximum absolute atomic E-state index is 13.7. The van der Waals surface area contributed by atoms with Crippen LogP contribution in [0, 0.1) is 0 Å². The van der Waals surface area contributed by atoms with Crippen molar-refractivity contribution in [3.8, 4) is 5.75 Å². The molecule has 0 spiro atoms. The van der Waals surface area contributed by atoms with Gasteiger partial charge in [-0.05, 0) is 17.7 Å². The maximum atomic E-state index is 13.7. The molecule has 0 radical (unpaired) electrons. The molecule has 0 atom stereocenters. The van der Waals surface area contributed by atoms with Gasteiger partial charge in [-0.15, -0.1) is 0 Å². The van der Waals surface area contributed by atoms with Crippen LogP contribution in [-0.2, 0) is 4.74 Å². The molecule has 1 aliphatic heterocycles. The van der Waals surface area contributed by atoms with Crippen LogP contribution in [0.15, 0.2) is 95.5 Å². The Kier molecular flexibility index (Phi) is 4.26. The molecule has 0 N–H and O–H groups in total. The minimum Gasteiger partial charge on any atom is -0.497 e. The topological polar surface area (TPSA) is 86.7 Å². The van der Waals surface area contributed by atoms with Gasteiger partial charge in [0.2, 0.25) is 11.6 Å². The summed E-state index contributed by atoms with van der Waals surface area (Å²) in [5.41, 5.74) is 1.53. The Hall–Kier alpha value is -4.58. The molecular weight excluding hydrogens is 432 g/mol. The number of ketones is 4. The molecular formula is C28H16O6. The second-order valence-corrected chi connectivity index (χ2v) is 8.20. The molecule has 3 aromatic rings. The molecule has 1 heterocycles. The molecule has 0 fully saturated rings. The average molecular weight is 448 g/mol. The predicted octanol–water partition coefficient (Wildman–Crippen LogP) is 4.48. The number of hydrogen-bond donors (Lipinski definition) is 0. The Bertz CT molecular complexity index is 1450. The molecule has 0 amide bonds. The third-order valence-corrected chi connectivity index (χ3v) is 6.43. The van der Waals surface area contributed by atoms with E-state index in [9.17, 15) is 19.2 Å². The molecule has 34 heavy (non-hydrogen) atoms. The number of methoxy groups -OCH3 is 1. The van der Waals surface area contributed by atoms with Crippen molar-refractivity contribution in [2.45, 2.75) is 5.92 Å². The first kappa shape index (κ1) is 20.1. The highest BCUT2D eigenvalue weighted by molar-refractivity contribution is 6.32. The highest BCUT2D eigenvalue weighted by Crippen LogP contribution is 2.48. The van der Waals surface area contributed by atoms with Gasteiger partial charge in [-0.2, -0.15) is 0 Å². The number of rotatable bonds is 2. The van der Waals surface area contributed by atoms with Gasteiger partial charge >= 0.3 is 0 Å². The largest absolute Gasteiger partial charge is 0.497 e. The van der Waals surface area contributed by atoms with E-state index in [0.29, 0.717) is 11.3 Å². The summed E-state index contributed by atoms with van der Waals surface area (Å²) in [5, 5.41) is 0. The molecule has 0 aromatic heterocycles. The number of ether oxygens (including phenoxy) is 2. The summed E-state index contributed by atoms with van der Waals surface area (Å²) in [6.07, 6.45) is 0. The summed E-state index contributed by atoms with van der Waals surface area (Å²) in [4.78, 5) is 54.3. The zero-order chi connectivity index (χ0) is 23.6. The van der Waals surface area contributed by atoms with E-state index < -0.39 is 29.1 Å². The van der Waals surface area contributed by atoms with Crippen LogP contribution in [0.25, 0.3) is 0 Å². The van der Waals surface area contributed by atoms with Crippen LogP contribution in [0.3, 0.4) is 0 Å². The van der Waals surface area contributed by atoms with Crippen LogP contribution >= 0.6 is 0 Å². The van der Waals surface area contributed by atoms with Crippen molar-refractivity contribution in [2.75, 3.05) is 7.11 Å². The highest BCUT2D eigenvalue weighted by Gasteiger charge is 2.49. The molecule has 2 aliphatic carbocycles. The van der Waals surface area contributed by atoms with Gasteiger partial charge in [-0.1, -0.05) is 60.7 Å². The number of benzene rings is 3. The van der Waals surface area contributed by atoms with Crippen molar-refractivity contribution in [2.24, 2.45) is 0 Å². The van der Waals surface area contributed by atoms with Crippen molar-refractivity contribution >= 4 is 23.1 Å². The fourth-order valence-corrected chi connectivity index (χ4v) is 4.87. The molecule has 3 aromatic carbocycles. The van der Waals surface area contributed by atoms with E-state index in [-0.39, 0.29) is 44.9 Å². The van der Waals surface area contributed by atoms with E-state index in [1.807, 2.05) is 0 Å². The molecule has 6 rings (SSSR count). The number of fused-ring (bicyclic) bond motifs is 2. The predicted molar refractivity (Wildman–Crippen MR) is 121 cm³/mol. The van der Waals surface area contributed by atoms with E-state index in [4.69, 9.17) is 9.47 Å². The normalized spacial score (nSPS) is 17.1. The maximum Gasteiger partial charge on any atom is 0.229 e. The SMILES string of the molecule is COc1cccc(C2C3=C(OC4=C2C(=O)c2ccccc2C4=O)C(=O)c2ccccc2C3=O)c1. The fourth-order valence-electron chi connectivity index (χ4n) is 4.87. The average Bonchev–Trinajstić information content (AvgIpc) is 2.89. The Labute approximate surface area is 194 Å². The molecule has 0 bridgehead atoms. The fraction of sp³-hybridized carbons (Fsp3) is 0.0714. The lowest BCUT2D eigenvalue weighted by molar-refractivity contribution is 0.0822. The molecule has 0 unspecified atom stereocenters. The first-order valence-electron chi connectivity index (χ1n) is 10.7. The Balaban J connectivity index is 1.65. The van der Waals surface area contributed by atoms with Crippen LogP contribution in [0.2, 0.25) is 0 Å². The van der Waals surface area contributed by atoms with E-state index in [2.05, 4.69) is 0 Å². The second kappa shape index (κ2) is 7.22. The number of allylic oxidation sites excluding steroid dienone is 4. The summed E-state index contributed by atoms with van der Waals surface area (Å²) in [6.45, 7) is 0. The quantitative estimate of drug-likeness (QED) is 0.575. The molecule has 3 aliphatic rings. The van der Waals surface area contributed by atoms with Crippen molar-refractivity contribution in [3.63, 3.8) is 0 Å². The summed E-state index contributed by atoms with van der Waals surface area (Å²) in [6, 6.07) is 19.8. The van der Waals surface area contributed by atoms with E-state index in [0.717, 1.165) is 0 Å². The highest BCUT2D eigenvalue weighted by atomic mass is 16.5. The third-order valence-electron chi connectivity index (χ3n) is 6.43. The van der Waals surface area contributed by atoms with Crippen LogP contribution in [-0.4, -0.2) is 30.2 Å². The Morgan fingerprint density at radius 3 is 1.56 bits per heavy atom. The van der Waals surface area contributed by atoms with Gasteiger partial charge in [-0.3, -0.25) is 19.2 Å². The minimum atomic E-state index is -0.969. The second-order valence-electron chi connectivity index (χ2n) is 8.20. The lowest BCUT2D eigenvalue weighted by Crippen LogP contribution is -2.36. The van der Waals surface area contributed by atoms with Crippen LogP contribution < -0.4 is 4.74 Å². The standard InChI is InChI=1S/C28H16O6/c1-33-15-8-6-7-14(13-15)20-21-23(29)16-9-2-4-11-18(16)25(31)27(21)34-28-22(20)24(30)17-10-3-5-12-19(17)26(28)32/h2-13,20H,1H3. The zero-order valence-corrected chi connectivity index (χ0v) is 18.0. The summed E-state index contributed by atoms with van der Waals surface area (Å²) in [7, 11) is 1.51. The van der Waals surface area contributed by atoms with Gasteiger partial charge in [0.15, 0.2) is 23.1 Å². The number of Topliss-reactive ketones (excluding diaryl/α,β-unsaturated/α-hetero) is 4. The van der Waals surface area contributed by atoms with Gasteiger partial charge in [0, 0.05) is 28.2 Å². The lowest BCUT2D eigenvalue weighted by atomic mass is 9.70. The molecule has 6 heteroatoms. The first-order valence-corrected chi connectivity index (χ1v) is 10.7. The minimum absolute atomic E-state index is 0.0521. The van der Waals surface area contributed by atoms with E-state index >= 15 is 0 Å². The summed E-state index contributed by atoms with van der Waals surface area (Å²) >= 11 is 0. The van der Waals surface area contributed by atoms with Crippen molar-refractivity contribution in [3.05, 3.63) is 123 Å². The van der Waals surface area contributed by atoms with Gasteiger partial charge in [-0.25, -0.2) is 0 Å². The monoisotopic (exact) mass is 448 g/mol. The van der Waals surface area contributed by atoms with Gasteiger partial charge < -0.3 is 9.47 Å². The van der Waals surface area contributed by atoms with Gasteiger partial charge in [0.25, 0.3) is 0 Å². The molecule has 0 saturated carbocycles. The van der Waals surface area contributed by atoms with Gasteiger partial charge in [0.1, 0.15) is 5.75 Å². The Morgan fingerprint density at radius 2 is 1.09 bits per heavy atom. The van der Waals surface area contributed by atoms with Crippen LogP contribution in [0.1, 0.15) is 52.9 Å². The molecule has 6 nitrogen and oxygen atoms in total. The molecule has 164 valence electrons. The number of carbonyl (C=O) groups is 4. The lowest BCUT2D eigenvalue weighted by Gasteiger charge is -2.35. The number of hydrogen-bond acceptors (Lipinski definition) is 6. The van der Waals surface area contributed by atoms with Crippen molar-refractivity contribution in [1.29, 1.82) is 0 Å². The van der Waals surface area contributed by atoms with Crippen molar-refractivity contribution < 1.29 is 28.7 Å². The molecule has 0 saturated heterocycles. The Morgan fingerprint density at radius 1 is 0.618 bits per heavy atom. The van der Waals surface area contributed by atoms with E-state index in [1.54, 1.807) is 72.8 Å².